The number of hydrogen-bond acceptors (Lipinski definition) is 3. The summed E-state index contributed by atoms with van der Waals surface area (Å²) in [5.74, 6) is 0.820. The molecule has 2 aromatic carbocycles. The van der Waals surface area contributed by atoms with Crippen molar-refractivity contribution >= 4 is 18.3 Å². The van der Waals surface area contributed by atoms with E-state index in [1.54, 1.807) is 0 Å². The summed E-state index contributed by atoms with van der Waals surface area (Å²) in [7, 11) is 0. The van der Waals surface area contributed by atoms with Gasteiger partial charge in [-0.15, -0.1) is 12.4 Å². The van der Waals surface area contributed by atoms with Crippen molar-refractivity contribution in [3.63, 3.8) is 0 Å². The highest BCUT2D eigenvalue weighted by Crippen LogP contribution is 2.31. The lowest BCUT2D eigenvalue weighted by Gasteiger charge is -2.27. The highest BCUT2D eigenvalue weighted by molar-refractivity contribution is 5.85. The van der Waals surface area contributed by atoms with Crippen molar-refractivity contribution in [1.82, 2.24) is 10.6 Å². The molecule has 2 atom stereocenters. The summed E-state index contributed by atoms with van der Waals surface area (Å²) in [6.07, 6.45) is 1.27. The van der Waals surface area contributed by atoms with Gasteiger partial charge >= 0.3 is 0 Å². The molecule has 26 heavy (non-hydrogen) atoms. The molecule has 0 fully saturated rings. The Morgan fingerprint density at radius 2 is 1.96 bits per heavy atom. The van der Waals surface area contributed by atoms with Crippen LogP contribution in [0.15, 0.2) is 36.4 Å². The van der Waals surface area contributed by atoms with Gasteiger partial charge in [-0.25, -0.2) is 0 Å². The Morgan fingerprint density at radius 3 is 2.81 bits per heavy atom. The molecule has 2 aromatic rings. The molecular formula is C21H25ClN2O2. The van der Waals surface area contributed by atoms with Gasteiger partial charge in [-0.3, -0.25) is 4.79 Å². The average Bonchev–Trinajstić information content (AvgIpc) is 3.03. The van der Waals surface area contributed by atoms with E-state index in [4.69, 9.17) is 4.74 Å². The first-order chi connectivity index (χ1) is 12.1. The molecule has 0 radical (unpaired) electrons. The Morgan fingerprint density at radius 1 is 1.19 bits per heavy atom. The van der Waals surface area contributed by atoms with E-state index >= 15 is 0 Å². The summed E-state index contributed by atoms with van der Waals surface area (Å²) in [4.78, 5) is 12.6. The molecule has 0 bridgehead atoms. The fourth-order valence-electron chi connectivity index (χ4n) is 3.75. The van der Waals surface area contributed by atoms with Gasteiger partial charge in [0.15, 0.2) is 6.10 Å². The van der Waals surface area contributed by atoms with Gasteiger partial charge in [0, 0.05) is 19.0 Å². The quantitative estimate of drug-likeness (QED) is 0.870. The lowest BCUT2D eigenvalue weighted by atomic mass is 9.94. The van der Waals surface area contributed by atoms with Crippen molar-refractivity contribution in [2.45, 2.75) is 38.8 Å². The van der Waals surface area contributed by atoms with Crippen LogP contribution in [0.4, 0.5) is 0 Å². The number of rotatable bonds is 3. The lowest BCUT2D eigenvalue weighted by Crippen LogP contribution is -2.43. The number of benzene rings is 2. The summed E-state index contributed by atoms with van der Waals surface area (Å²) < 4.78 is 5.88. The molecule has 2 aliphatic rings. The molecule has 2 heterocycles. The smallest absolute Gasteiger partial charge is 0.261 e. The molecule has 0 saturated heterocycles. The minimum absolute atomic E-state index is 0. The van der Waals surface area contributed by atoms with E-state index in [0.717, 1.165) is 24.3 Å². The molecule has 2 N–H and O–H groups in total. The first kappa shape index (κ1) is 18.7. The van der Waals surface area contributed by atoms with Gasteiger partial charge in [-0.2, -0.15) is 0 Å². The van der Waals surface area contributed by atoms with Gasteiger partial charge < -0.3 is 15.4 Å². The highest BCUT2D eigenvalue weighted by Gasteiger charge is 2.30. The maximum Gasteiger partial charge on any atom is 0.261 e. The summed E-state index contributed by atoms with van der Waals surface area (Å²) in [5, 5.41) is 6.57. The second-order valence-corrected chi connectivity index (χ2v) is 7.06. The fraction of sp³-hybridized carbons (Fsp3) is 0.381. The fourth-order valence-corrected chi connectivity index (χ4v) is 3.75. The van der Waals surface area contributed by atoms with E-state index < -0.39 is 6.10 Å². The van der Waals surface area contributed by atoms with Crippen LogP contribution >= 0.6 is 12.4 Å². The van der Waals surface area contributed by atoms with Gasteiger partial charge in [0.25, 0.3) is 5.91 Å². The topological polar surface area (TPSA) is 50.4 Å². The number of fused-ring (bicyclic) bond motifs is 2. The predicted molar refractivity (Wildman–Crippen MR) is 105 cm³/mol. The Labute approximate surface area is 160 Å². The van der Waals surface area contributed by atoms with Crippen LogP contribution in [0.25, 0.3) is 0 Å². The second kappa shape index (κ2) is 7.68. The Bertz CT molecular complexity index is 791. The molecular weight excluding hydrogens is 348 g/mol. The molecule has 2 unspecified atom stereocenters. The van der Waals surface area contributed by atoms with Crippen LogP contribution in [0.3, 0.4) is 0 Å². The van der Waals surface area contributed by atoms with Gasteiger partial charge in [0.1, 0.15) is 5.75 Å². The number of hydrogen-bond donors (Lipinski definition) is 2. The minimum Gasteiger partial charge on any atom is -0.480 e. The molecule has 4 rings (SSSR count). The minimum atomic E-state index is -0.421. The number of amides is 1. The standard InChI is InChI=1S/C21H24N2O2.ClH/c1-13-9-16-11-20(25-19(16)10-14(13)2)21(24)23-12-18-17-6-4-3-5-15(17)7-8-22-18;/h3-6,9-10,18,20,22H,7-8,11-12H2,1-2H3,(H,23,24);1H. The van der Waals surface area contributed by atoms with Crippen LogP contribution in [0.2, 0.25) is 0 Å². The monoisotopic (exact) mass is 372 g/mol. The van der Waals surface area contributed by atoms with E-state index in [1.807, 2.05) is 6.07 Å². The number of halogens is 1. The molecule has 0 aromatic heterocycles. The summed E-state index contributed by atoms with van der Waals surface area (Å²) >= 11 is 0. The average molecular weight is 373 g/mol. The number of ether oxygens (including phenoxy) is 1. The van der Waals surface area contributed by atoms with Gasteiger partial charge in [0.2, 0.25) is 0 Å². The zero-order valence-electron chi connectivity index (χ0n) is 15.2. The van der Waals surface area contributed by atoms with E-state index in [-0.39, 0.29) is 24.4 Å². The van der Waals surface area contributed by atoms with Crippen molar-refractivity contribution in [3.8, 4) is 5.75 Å². The SMILES string of the molecule is Cc1cc2c(cc1C)OC(C(=O)NCC1NCCc3ccccc31)C2.Cl. The zero-order chi connectivity index (χ0) is 17.4. The predicted octanol–water partition coefficient (Wildman–Crippen LogP) is 3.03. The van der Waals surface area contributed by atoms with Crippen LogP contribution in [-0.2, 0) is 17.6 Å². The molecule has 0 aliphatic carbocycles. The molecule has 1 amide bonds. The van der Waals surface area contributed by atoms with Gasteiger partial charge in [0.05, 0.1) is 0 Å². The van der Waals surface area contributed by atoms with Gasteiger partial charge in [-0.05, 0) is 60.7 Å². The van der Waals surface area contributed by atoms with Crippen molar-refractivity contribution in [1.29, 1.82) is 0 Å². The zero-order valence-corrected chi connectivity index (χ0v) is 16.0. The Hall–Kier alpha value is -2.04. The van der Waals surface area contributed by atoms with Crippen LogP contribution < -0.4 is 15.4 Å². The third kappa shape index (κ3) is 3.57. The van der Waals surface area contributed by atoms with Crippen LogP contribution in [0, 0.1) is 13.8 Å². The van der Waals surface area contributed by atoms with Crippen molar-refractivity contribution in [2.24, 2.45) is 0 Å². The van der Waals surface area contributed by atoms with E-state index in [2.05, 4.69) is 54.8 Å². The van der Waals surface area contributed by atoms with E-state index in [0.29, 0.717) is 13.0 Å². The lowest BCUT2D eigenvalue weighted by molar-refractivity contribution is -0.127. The van der Waals surface area contributed by atoms with E-state index in [9.17, 15) is 4.79 Å². The first-order valence-electron chi connectivity index (χ1n) is 8.97. The number of carbonyl (C=O) groups excluding carboxylic acids is 1. The number of nitrogens with one attached hydrogen (secondary N) is 2. The molecule has 0 spiro atoms. The van der Waals surface area contributed by atoms with E-state index in [1.165, 1.54) is 22.3 Å². The van der Waals surface area contributed by atoms with Crippen LogP contribution in [-0.4, -0.2) is 25.1 Å². The summed E-state index contributed by atoms with van der Waals surface area (Å²) in [5.41, 5.74) is 6.23. The first-order valence-corrected chi connectivity index (χ1v) is 8.97. The normalized spacial score (nSPS) is 20.4. The Balaban J connectivity index is 0.00000196. The third-order valence-corrected chi connectivity index (χ3v) is 5.34. The number of carbonyl (C=O) groups is 1. The largest absolute Gasteiger partial charge is 0.480 e. The molecule has 2 aliphatic heterocycles. The third-order valence-electron chi connectivity index (χ3n) is 5.34. The van der Waals surface area contributed by atoms with Gasteiger partial charge in [-0.1, -0.05) is 30.3 Å². The maximum absolute atomic E-state index is 12.6. The van der Waals surface area contributed by atoms with Crippen molar-refractivity contribution in [2.75, 3.05) is 13.1 Å². The highest BCUT2D eigenvalue weighted by atomic mass is 35.5. The van der Waals surface area contributed by atoms with Crippen LogP contribution in [0.1, 0.15) is 33.9 Å². The van der Waals surface area contributed by atoms with Crippen molar-refractivity contribution < 1.29 is 9.53 Å². The molecule has 138 valence electrons. The molecule has 4 nitrogen and oxygen atoms in total. The second-order valence-electron chi connectivity index (χ2n) is 7.06. The van der Waals surface area contributed by atoms with Crippen molar-refractivity contribution in [3.05, 3.63) is 64.2 Å². The number of aryl methyl sites for hydroxylation is 2. The summed E-state index contributed by atoms with van der Waals surface area (Å²) in [6, 6.07) is 12.8. The Kier molecular flexibility index (Phi) is 5.54. The van der Waals surface area contributed by atoms with Crippen LogP contribution in [0.5, 0.6) is 5.75 Å². The summed E-state index contributed by atoms with van der Waals surface area (Å²) in [6.45, 7) is 5.69. The molecule has 5 heteroatoms. The molecule has 0 saturated carbocycles. The maximum atomic E-state index is 12.6.